The summed E-state index contributed by atoms with van der Waals surface area (Å²) in [5.74, 6) is -1.09. The minimum Gasteiger partial charge on any atom is -0.478 e. The third kappa shape index (κ3) is 3.07. The average molecular weight is 278 g/mol. The van der Waals surface area contributed by atoms with Crippen LogP contribution in [-0.4, -0.2) is 22.5 Å². The first-order valence-corrected chi connectivity index (χ1v) is 6.67. The number of nitrogens with one attached hydrogen (secondary N) is 1. The van der Waals surface area contributed by atoms with Gasteiger partial charge in [0.25, 0.3) is 5.69 Å². The molecule has 1 fully saturated rings. The number of nitro benzene ring substituents is 1. The number of hydrogen-bond acceptors (Lipinski definition) is 4. The number of carboxylic acids is 1. The molecule has 1 aromatic carbocycles. The van der Waals surface area contributed by atoms with E-state index in [1.807, 2.05) is 0 Å². The van der Waals surface area contributed by atoms with Crippen LogP contribution in [0.25, 0.3) is 0 Å². The van der Waals surface area contributed by atoms with Crippen molar-refractivity contribution in [1.82, 2.24) is 0 Å². The summed E-state index contributed by atoms with van der Waals surface area (Å²) in [5.41, 5.74) is 0.377. The Kier molecular flexibility index (Phi) is 3.92. The second-order valence-electron chi connectivity index (χ2n) is 5.67. The van der Waals surface area contributed by atoms with Crippen molar-refractivity contribution in [3.05, 3.63) is 33.9 Å². The Morgan fingerprint density at radius 3 is 2.65 bits per heavy atom. The van der Waals surface area contributed by atoms with Gasteiger partial charge in [0, 0.05) is 12.6 Å². The van der Waals surface area contributed by atoms with Gasteiger partial charge in [0.1, 0.15) is 5.69 Å². The number of hydrogen-bond donors (Lipinski definition) is 2. The molecule has 20 heavy (non-hydrogen) atoms. The molecular weight excluding hydrogens is 260 g/mol. The SMILES string of the molecule is CC1(CNc2cc(C(=O)O)ccc2[N+](=O)[O-])CCCC1. The lowest BCUT2D eigenvalue weighted by Gasteiger charge is -2.24. The predicted molar refractivity (Wildman–Crippen MR) is 75.1 cm³/mol. The number of nitrogens with zero attached hydrogens (tertiary/aromatic N) is 1. The molecule has 0 aliphatic heterocycles. The Morgan fingerprint density at radius 1 is 1.45 bits per heavy atom. The third-order valence-electron chi connectivity index (χ3n) is 3.96. The molecule has 2 N–H and O–H groups in total. The van der Waals surface area contributed by atoms with Gasteiger partial charge in [-0.2, -0.15) is 0 Å². The maximum atomic E-state index is 11.0. The summed E-state index contributed by atoms with van der Waals surface area (Å²) in [6, 6.07) is 3.82. The van der Waals surface area contributed by atoms with E-state index < -0.39 is 10.9 Å². The molecule has 1 saturated carbocycles. The van der Waals surface area contributed by atoms with E-state index in [-0.39, 0.29) is 22.4 Å². The molecule has 6 nitrogen and oxygen atoms in total. The van der Waals surface area contributed by atoms with Crippen LogP contribution in [-0.2, 0) is 0 Å². The zero-order chi connectivity index (χ0) is 14.8. The van der Waals surface area contributed by atoms with Gasteiger partial charge in [-0.25, -0.2) is 4.79 Å². The van der Waals surface area contributed by atoms with Crippen LogP contribution in [0.15, 0.2) is 18.2 Å². The zero-order valence-corrected chi connectivity index (χ0v) is 11.4. The molecule has 0 unspecified atom stereocenters. The molecule has 1 aromatic rings. The van der Waals surface area contributed by atoms with Crippen molar-refractivity contribution in [1.29, 1.82) is 0 Å². The van der Waals surface area contributed by atoms with Crippen molar-refractivity contribution >= 4 is 17.3 Å². The van der Waals surface area contributed by atoms with Gasteiger partial charge in [0.15, 0.2) is 0 Å². The minimum absolute atomic E-state index is 0.0506. The van der Waals surface area contributed by atoms with Crippen molar-refractivity contribution < 1.29 is 14.8 Å². The van der Waals surface area contributed by atoms with Gasteiger partial charge in [-0.15, -0.1) is 0 Å². The number of anilines is 1. The van der Waals surface area contributed by atoms with Crippen molar-refractivity contribution in [2.45, 2.75) is 32.6 Å². The van der Waals surface area contributed by atoms with Crippen LogP contribution in [0.5, 0.6) is 0 Å². The lowest BCUT2D eigenvalue weighted by Crippen LogP contribution is -2.23. The smallest absolute Gasteiger partial charge is 0.335 e. The van der Waals surface area contributed by atoms with Gasteiger partial charge in [0.05, 0.1) is 10.5 Å². The Balaban J connectivity index is 2.21. The fourth-order valence-electron chi connectivity index (χ4n) is 2.68. The van der Waals surface area contributed by atoms with Crippen LogP contribution in [0, 0.1) is 15.5 Å². The molecule has 6 heteroatoms. The van der Waals surface area contributed by atoms with Crippen molar-refractivity contribution in [2.24, 2.45) is 5.41 Å². The summed E-state index contributed by atoms with van der Waals surface area (Å²) in [7, 11) is 0. The van der Waals surface area contributed by atoms with Gasteiger partial charge in [-0.05, 0) is 30.4 Å². The van der Waals surface area contributed by atoms with E-state index in [9.17, 15) is 14.9 Å². The molecule has 1 aliphatic rings. The van der Waals surface area contributed by atoms with Crippen LogP contribution < -0.4 is 5.32 Å². The number of rotatable bonds is 5. The highest BCUT2D eigenvalue weighted by Gasteiger charge is 2.29. The Labute approximate surface area is 117 Å². The summed E-state index contributed by atoms with van der Waals surface area (Å²) in [4.78, 5) is 21.5. The minimum atomic E-state index is -1.09. The monoisotopic (exact) mass is 278 g/mol. The Bertz CT molecular complexity index is 536. The zero-order valence-electron chi connectivity index (χ0n) is 11.4. The molecule has 2 rings (SSSR count). The molecule has 1 aliphatic carbocycles. The first-order chi connectivity index (χ1) is 9.41. The summed E-state index contributed by atoms with van der Waals surface area (Å²) < 4.78 is 0. The topological polar surface area (TPSA) is 92.5 Å². The van der Waals surface area contributed by atoms with Crippen LogP contribution in [0.1, 0.15) is 43.0 Å². The van der Waals surface area contributed by atoms with Crippen LogP contribution in [0.2, 0.25) is 0 Å². The maximum Gasteiger partial charge on any atom is 0.335 e. The fraction of sp³-hybridized carbons (Fsp3) is 0.500. The highest BCUT2D eigenvalue weighted by atomic mass is 16.6. The lowest BCUT2D eigenvalue weighted by molar-refractivity contribution is -0.384. The van der Waals surface area contributed by atoms with Crippen molar-refractivity contribution in [3.8, 4) is 0 Å². The van der Waals surface area contributed by atoms with Crippen LogP contribution >= 0.6 is 0 Å². The summed E-state index contributed by atoms with van der Waals surface area (Å²) >= 11 is 0. The predicted octanol–water partition coefficient (Wildman–Crippen LogP) is 3.29. The van der Waals surface area contributed by atoms with Crippen LogP contribution in [0.4, 0.5) is 11.4 Å². The quantitative estimate of drug-likeness (QED) is 0.637. The van der Waals surface area contributed by atoms with Gasteiger partial charge >= 0.3 is 5.97 Å². The average Bonchev–Trinajstić information content (AvgIpc) is 2.83. The largest absolute Gasteiger partial charge is 0.478 e. The Hall–Kier alpha value is -2.11. The van der Waals surface area contributed by atoms with E-state index in [0.717, 1.165) is 12.8 Å². The van der Waals surface area contributed by atoms with E-state index >= 15 is 0 Å². The molecule has 0 saturated heterocycles. The highest BCUT2D eigenvalue weighted by molar-refractivity contribution is 5.90. The molecular formula is C14H18N2O4. The van der Waals surface area contributed by atoms with Gasteiger partial charge in [-0.3, -0.25) is 10.1 Å². The summed E-state index contributed by atoms with van der Waals surface area (Å²) in [6.45, 7) is 2.77. The molecule has 108 valence electrons. The standard InChI is InChI=1S/C14H18N2O4/c1-14(6-2-3-7-14)9-15-11-8-10(13(17)18)4-5-12(11)16(19)20/h4-5,8,15H,2-3,6-7,9H2,1H3,(H,17,18). The number of nitro groups is 1. The van der Waals surface area contributed by atoms with E-state index in [1.165, 1.54) is 31.0 Å². The number of carbonyl (C=O) groups is 1. The van der Waals surface area contributed by atoms with Crippen molar-refractivity contribution in [3.63, 3.8) is 0 Å². The lowest BCUT2D eigenvalue weighted by atomic mass is 9.89. The summed E-state index contributed by atoms with van der Waals surface area (Å²) in [5, 5.41) is 23.0. The molecule has 0 spiro atoms. The van der Waals surface area contributed by atoms with E-state index in [1.54, 1.807) is 0 Å². The van der Waals surface area contributed by atoms with E-state index in [2.05, 4.69) is 12.2 Å². The van der Waals surface area contributed by atoms with E-state index in [0.29, 0.717) is 6.54 Å². The van der Waals surface area contributed by atoms with E-state index in [4.69, 9.17) is 5.11 Å². The van der Waals surface area contributed by atoms with Gasteiger partial charge < -0.3 is 10.4 Å². The molecule has 0 atom stereocenters. The molecule has 0 amide bonds. The number of carboxylic acid groups (broad SMARTS) is 1. The van der Waals surface area contributed by atoms with Gasteiger partial charge in [0.2, 0.25) is 0 Å². The normalized spacial score (nSPS) is 16.9. The highest BCUT2D eigenvalue weighted by Crippen LogP contribution is 2.38. The maximum absolute atomic E-state index is 11.0. The first kappa shape index (κ1) is 14.3. The number of benzene rings is 1. The Morgan fingerprint density at radius 2 is 2.10 bits per heavy atom. The number of aromatic carboxylic acids is 1. The molecule has 0 heterocycles. The molecule has 0 radical (unpaired) electrons. The van der Waals surface area contributed by atoms with Crippen LogP contribution in [0.3, 0.4) is 0 Å². The second kappa shape index (κ2) is 5.48. The van der Waals surface area contributed by atoms with Crippen molar-refractivity contribution in [2.75, 3.05) is 11.9 Å². The van der Waals surface area contributed by atoms with Gasteiger partial charge in [-0.1, -0.05) is 19.8 Å². The molecule has 0 bridgehead atoms. The molecule has 0 aromatic heterocycles. The third-order valence-corrected chi connectivity index (χ3v) is 3.96. The fourth-order valence-corrected chi connectivity index (χ4v) is 2.68. The summed E-state index contributed by atoms with van der Waals surface area (Å²) in [6.07, 6.45) is 4.53. The first-order valence-electron chi connectivity index (χ1n) is 6.67. The second-order valence-corrected chi connectivity index (χ2v) is 5.67.